The van der Waals surface area contributed by atoms with Crippen molar-refractivity contribution in [3.05, 3.63) is 47.9 Å². The molecule has 3 fully saturated rings. The third-order valence-electron chi connectivity index (χ3n) is 6.86. The van der Waals surface area contributed by atoms with Gasteiger partial charge < -0.3 is 15.1 Å². The van der Waals surface area contributed by atoms with Crippen molar-refractivity contribution in [1.82, 2.24) is 15.1 Å². The van der Waals surface area contributed by atoms with Gasteiger partial charge in [0, 0.05) is 38.8 Å². The number of carbonyl (C=O) groups is 2. The zero-order chi connectivity index (χ0) is 22.1. The number of rotatable bonds is 6. The van der Waals surface area contributed by atoms with Gasteiger partial charge in [-0.3, -0.25) is 9.59 Å². The molecule has 3 heterocycles. The van der Waals surface area contributed by atoms with Gasteiger partial charge in [-0.05, 0) is 67.3 Å². The zero-order valence-corrected chi connectivity index (χ0v) is 18.0. The Labute approximate surface area is 187 Å². The lowest BCUT2D eigenvalue weighted by atomic mass is 9.89. The number of halogens is 1. The predicted molar refractivity (Wildman–Crippen MR) is 119 cm³/mol. The fourth-order valence-electron chi connectivity index (χ4n) is 4.58. The molecule has 2 aromatic rings. The van der Waals surface area contributed by atoms with E-state index in [0.29, 0.717) is 25.4 Å². The van der Waals surface area contributed by atoms with Gasteiger partial charge in [-0.25, -0.2) is 4.39 Å². The normalized spacial score (nSPS) is 19.5. The number of amides is 2. The van der Waals surface area contributed by atoms with E-state index in [1.165, 1.54) is 18.9 Å². The minimum atomic E-state index is -0.409. The second-order valence-electron chi connectivity index (χ2n) is 9.21. The number of nitrogens with zero attached hydrogens (tertiary/aromatic N) is 4. The van der Waals surface area contributed by atoms with Crippen LogP contribution in [-0.2, 0) is 9.59 Å². The van der Waals surface area contributed by atoms with Crippen LogP contribution < -0.4 is 10.2 Å². The third-order valence-corrected chi connectivity index (χ3v) is 6.86. The Morgan fingerprint density at radius 1 is 1.09 bits per heavy atom. The van der Waals surface area contributed by atoms with Gasteiger partial charge in [0.25, 0.3) is 0 Å². The van der Waals surface area contributed by atoms with Gasteiger partial charge in [0.2, 0.25) is 11.8 Å². The molecular formula is C24H28FN5O2. The van der Waals surface area contributed by atoms with Gasteiger partial charge >= 0.3 is 0 Å². The van der Waals surface area contributed by atoms with E-state index in [9.17, 15) is 14.0 Å². The molecule has 2 amide bonds. The standard InChI is InChI=1S/C24H28FN5O2/c25-20-13-18(17-7-10-29(11-8-17)23(31)12-16-3-4-16)5-6-21(20)27-24(32)19-14-30(15-19)22-2-1-9-26-28-22/h1-2,5-6,9,13,16-17,19H,3-4,7-8,10-12,14-15H2,(H,27,32). The molecule has 1 saturated carbocycles. The van der Waals surface area contributed by atoms with Crippen LogP contribution in [0.1, 0.15) is 43.6 Å². The van der Waals surface area contributed by atoms with Crippen molar-refractivity contribution in [1.29, 1.82) is 0 Å². The molecule has 32 heavy (non-hydrogen) atoms. The molecule has 0 unspecified atom stereocenters. The molecule has 0 spiro atoms. The molecule has 1 aliphatic carbocycles. The Bertz CT molecular complexity index is 983. The average Bonchev–Trinajstić information content (AvgIpc) is 3.59. The molecule has 1 N–H and O–H groups in total. The van der Waals surface area contributed by atoms with Gasteiger partial charge in [0.05, 0.1) is 11.6 Å². The summed E-state index contributed by atoms with van der Waals surface area (Å²) in [5, 5.41) is 10.6. The Kier molecular flexibility index (Phi) is 5.76. The lowest BCUT2D eigenvalue weighted by Crippen LogP contribution is -2.52. The molecular weight excluding hydrogens is 409 g/mol. The van der Waals surface area contributed by atoms with Crippen LogP contribution in [0.2, 0.25) is 0 Å². The molecule has 2 saturated heterocycles. The topological polar surface area (TPSA) is 78.4 Å². The SMILES string of the molecule is O=C(Nc1ccc(C2CCN(C(=O)CC3CC3)CC2)cc1F)C1CN(c2cccnn2)C1. The van der Waals surface area contributed by atoms with Crippen molar-refractivity contribution in [2.75, 3.05) is 36.4 Å². The second kappa shape index (κ2) is 8.84. The average molecular weight is 438 g/mol. The summed E-state index contributed by atoms with van der Waals surface area (Å²) in [5.74, 6) is 1.07. The molecule has 1 aromatic heterocycles. The maximum absolute atomic E-state index is 14.7. The van der Waals surface area contributed by atoms with E-state index in [0.717, 1.165) is 37.3 Å². The van der Waals surface area contributed by atoms with E-state index in [-0.39, 0.29) is 29.3 Å². The number of carbonyl (C=O) groups excluding carboxylic acids is 2. The highest BCUT2D eigenvalue weighted by Crippen LogP contribution is 2.35. The number of likely N-dealkylation sites (tertiary alicyclic amines) is 1. The number of nitrogens with one attached hydrogen (secondary N) is 1. The highest BCUT2D eigenvalue weighted by atomic mass is 19.1. The van der Waals surface area contributed by atoms with Gasteiger partial charge in [-0.1, -0.05) is 6.07 Å². The van der Waals surface area contributed by atoms with Gasteiger partial charge in [0.15, 0.2) is 5.82 Å². The van der Waals surface area contributed by atoms with Crippen LogP contribution >= 0.6 is 0 Å². The minimum Gasteiger partial charge on any atom is -0.353 e. The van der Waals surface area contributed by atoms with E-state index < -0.39 is 5.82 Å². The zero-order valence-electron chi connectivity index (χ0n) is 18.0. The first-order valence-electron chi connectivity index (χ1n) is 11.5. The summed E-state index contributed by atoms with van der Waals surface area (Å²) in [7, 11) is 0. The monoisotopic (exact) mass is 437 g/mol. The highest BCUT2D eigenvalue weighted by molar-refractivity contribution is 5.94. The molecule has 7 nitrogen and oxygen atoms in total. The van der Waals surface area contributed by atoms with Crippen molar-refractivity contribution in [3.63, 3.8) is 0 Å². The Morgan fingerprint density at radius 2 is 1.88 bits per heavy atom. The molecule has 3 aliphatic rings. The number of piperidine rings is 1. The quantitative estimate of drug-likeness (QED) is 0.751. The summed E-state index contributed by atoms with van der Waals surface area (Å²) in [6.07, 6.45) is 6.36. The number of anilines is 2. The van der Waals surface area contributed by atoms with Crippen molar-refractivity contribution in [2.45, 2.75) is 38.0 Å². The molecule has 0 atom stereocenters. The van der Waals surface area contributed by atoms with Crippen LogP contribution in [0.15, 0.2) is 36.5 Å². The van der Waals surface area contributed by atoms with E-state index >= 15 is 0 Å². The molecule has 0 bridgehead atoms. The fourth-order valence-corrected chi connectivity index (χ4v) is 4.58. The first-order valence-corrected chi connectivity index (χ1v) is 11.5. The number of hydrogen-bond donors (Lipinski definition) is 1. The van der Waals surface area contributed by atoms with Crippen LogP contribution in [0, 0.1) is 17.7 Å². The third kappa shape index (κ3) is 4.59. The largest absolute Gasteiger partial charge is 0.353 e. The molecule has 1 aromatic carbocycles. The van der Waals surface area contributed by atoms with E-state index in [1.54, 1.807) is 12.3 Å². The van der Waals surface area contributed by atoms with Crippen molar-refractivity contribution >= 4 is 23.3 Å². The highest BCUT2D eigenvalue weighted by Gasteiger charge is 2.34. The molecule has 2 aliphatic heterocycles. The first-order chi connectivity index (χ1) is 15.6. The maximum atomic E-state index is 14.7. The molecule has 0 radical (unpaired) electrons. The summed E-state index contributed by atoms with van der Waals surface area (Å²) < 4.78 is 14.7. The van der Waals surface area contributed by atoms with E-state index in [4.69, 9.17) is 0 Å². The van der Waals surface area contributed by atoms with E-state index in [2.05, 4.69) is 15.5 Å². The summed E-state index contributed by atoms with van der Waals surface area (Å²) in [6.45, 7) is 2.56. The molecule has 5 rings (SSSR count). The predicted octanol–water partition coefficient (Wildman–Crippen LogP) is 3.20. The van der Waals surface area contributed by atoms with Crippen LogP contribution in [0.3, 0.4) is 0 Å². The number of benzene rings is 1. The lowest BCUT2D eigenvalue weighted by molar-refractivity contribution is -0.132. The van der Waals surface area contributed by atoms with Crippen LogP contribution in [-0.4, -0.2) is 53.1 Å². The lowest BCUT2D eigenvalue weighted by Gasteiger charge is -2.38. The van der Waals surface area contributed by atoms with Gasteiger partial charge in [-0.2, -0.15) is 5.10 Å². The second-order valence-corrected chi connectivity index (χ2v) is 9.21. The summed E-state index contributed by atoms with van der Waals surface area (Å²) in [4.78, 5) is 28.7. The Balaban J connectivity index is 1.12. The molecule has 168 valence electrons. The van der Waals surface area contributed by atoms with Crippen molar-refractivity contribution in [3.8, 4) is 0 Å². The number of hydrogen-bond acceptors (Lipinski definition) is 5. The Hall–Kier alpha value is -3.03. The van der Waals surface area contributed by atoms with Gasteiger partial charge in [0.1, 0.15) is 5.82 Å². The van der Waals surface area contributed by atoms with Crippen molar-refractivity contribution < 1.29 is 14.0 Å². The smallest absolute Gasteiger partial charge is 0.231 e. The molecule has 8 heteroatoms. The van der Waals surface area contributed by atoms with E-state index in [1.807, 2.05) is 28.0 Å². The van der Waals surface area contributed by atoms with Crippen LogP contribution in [0.25, 0.3) is 0 Å². The van der Waals surface area contributed by atoms with Gasteiger partial charge in [-0.15, -0.1) is 5.10 Å². The van der Waals surface area contributed by atoms with Crippen LogP contribution in [0.5, 0.6) is 0 Å². The summed E-state index contributed by atoms with van der Waals surface area (Å²) in [5.41, 5.74) is 1.15. The summed E-state index contributed by atoms with van der Waals surface area (Å²) >= 11 is 0. The van der Waals surface area contributed by atoms with Crippen molar-refractivity contribution in [2.24, 2.45) is 11.8 Å². The fraction of sp³-hybridized carbons (Fsp3) is 0.500. The Morgan fingerprint density at radius 3 is 2.53 bits per heavy atom. The number of aromatic nitrogens is 2. The maximum Gasteiger partial charge on any atom is 0.231 e. The first kappa shape index (κ1) is 20.8. The minimum absolute atomic E-state index is 0.181. The van der Waals surface area contributed by atoms with Crippen LogP contribution in [0.4, 0.5) is 15.9 Å². The summed E-state index contributed by atoms with van der Waals surface area (Å²) in [6, 6.07) is 8.76.